The quantitative estimate of drug-likeness (QED) is 0.873. The third-order valence-electron chi connectivity index (χ3n) is 3.04. The van der Waals surface area contributed by atoms with E-state index in [1.54, 1.807) is 6.07 Å². The van der Waals surface area contributed by atoms with E-state index in [0.717, 1.165) is 23.3 Å². The first-order valence-corrected chi connectivity index (χ1v) is 5.95. The van der Waals surface area contributed by atoms with E-state index in [1.807, 2.05) is 26.0 Å². The van der Waals surface area contributed by atoms with Gasteiger partial charge in [-0.2, -0.15) is 13.2 Å². The zero-order valence-electron chi connectivity index (χ0n) is 11.0. The largest absolute Gasteiger partial charge is 0.416 e. The molecule has 3 nitrogen and oxygen atoms in total. The Labute approximate surface area is 114 Å². The topological polar surface area (TPSA) is 50.9 Å². The van der Waals surface area contributed by atoms with Crippen LogP contribution >= 0.6 is 0 Å². The van der Waals surface area contributed by atoms with Crippen LogP contribution in [0, 0.1) is 13.8 Å². The molecule has 0 aliphatic carbocycles. The minimum Gasteiger partial charge on any atom is -0.384 e. The van der Waals surface area contributed by atoms with Crippen molar-refractivity contribution in [1.82, 2.24) is 4.98 Å². The van der Waals surface area contributed by atoms with Gasteiger partial charge in [0.1, 0.15) is 11.6 Å². The Balaban J connectivity index is 2.39. The molecule has 1 aromatic heterocycles. The normalized spacial score (nSPS) is 11.4. The highest BCUT2D eigenvalue weighted by Crippen LogP contribution is 2.32. The summed E-state index contributed by atoms with van der Waals surface area (Å²) in [4.78, 5) is 3.88. The van der Waals surface area contributed by atoms with Crippen molar-refractivity contribution in [1.29, 1.82) is 0 Å². The number of alkyl halides is 3. The molecule has 0 fully saturated rings. The Morgan fingerprint density at radius 3 is 2.50 bits per heavy atom. The molecule has 0 aliphatic heterocycles. The van der Waals surface area contributed by atoms with Crippen LogP contribution in [0.25, 0.3) is 0 Å². The van der Waals surface area contributed by atoms with Crippen LogP contribution in [0.4, 0.5) is 30.5 Å². The van der Waals surface area contributed by atoms with E-state index in [2.05, 4.69) is 10.3 Å². The molecule has 0 amide bonds. The van der Waals surface area contributed by atoms with Gasteiger partial charge >= 0.3 is 6.18 Å². The van der Waals surface area contributed by atoms with E-state index < -0.39 is 11.7 Å². The minimum atomic E-state index is -4.45. The number of nitrogens with one attached hydrogen (secondary N) is 1. The lowest BCUT2D eigenvalue weighted by molar-refractivity contribution is -0.137. The van der Waals surface area contributed by atoms with Gasteiger partial charge in [0.25, 0.3) is 0 Å². The molecule has 0 saturated heterocycles. The molecule has 0 unspecified atom stereocenters. The third-order valence-corrected chi connectivity index (χ3v) is 3.04. The second kappa shape index (κ2) is 5.03. The zero-order valence-corrected chi connectivity index (χ0v) is 11.0. The summed E-state index contributed by atoms with van der Waals surface area (Å²) in [6.07, 6.45) is -4.45. The van der Waals surface area contributed by atoms with Crippen molar-refractivity contribution < 1.29 is 13.2 Å². The number of benzene rings is 1. The number of halogens is 3. The van der Waals surface area contributed by atoms with Crippen molar-refractivity contribution in [3.8, 4) is 0 Å². The fourth-order valence-electron chi connectivity index (χ4n) is 1.80. The average molecular weight is 281 g/mol. The maximum Gasteiger partial charge on any atom is 0.416 e. The lowest BCUT2D eigenvalue weighted by atomic mass is 10.1. The molecule has 0 bridgehead atoms. The second-order valence-corrected chi connectivity index (χ2v) is 4.54. The van der Waals surface area contributed by atoms with E-state index in [4.69, 9.17) is 5.73 Å². The molecule has 20 heavy (non-hydrogen) atoms. The monoisotopic (exact) mass is 281 g/mol. The number of hydrogen-bond acceptors (Lipinski definition) is 3. The maximum absolute atomic E-state index is 12.7. The molecule has 0 aliphatic rings. The summed E-state index contributed by atoms with van der Waals surface area (Å²) in [6, 6.07) is 7.28. The lowest BCUT2D eigenvalue weighted by Crippen LogP contribution is -2.08. The molecule has 1 aromatic carbocycles. The highest BCUT2D eigenvalue weighted by molar-refractivity contribution is 5.63. The van der Waals surface area contributed by atoms with Crippen LogP contribution < -0.4 is 11.1 Å². The molecule has 0 atom stereocenters. The maximum atomic E-state index is 12.7. The molecular formula is C14H14F3N3. The first-order chi connectivity index (χ1) is 9.27. The molecule has 1 heterocycles. The number of nitrogens with two attached hydrogens (primary N) is 1. The standard InChI is InChI=1S/C14H14F3N3/c1-8-4-3-5-11(9(8)2)19-13-7-10(14(15,16)17)6-12(18)20-13/h3-7H,1-2H3,(H3,18,19,20). The Morgan fingerprint density at radius 1 is 1.15 bits per heavy atom. The second-order valence-electron chi connectivity index (χ2n) is 4.54. The zero-order chi connectivity index (χ0) is 14.9. The summed E-state index contributed by atoms with van der Waals surface area (Å²) < 4.78 is 38.2. The highest BCUT2D eigenvalue weighted by atomic mass is 19.4. The molecule has 0 radical (unpaired) electrons. The fraction of sp³-hybridized carbons (Fsp3) is 0.214. The lowest BCUT2D eigenvalue weighted by Gasteiger charge is -2.13. The van der Waals surface area contributed by atoms with Gasteiger partial charge in [0.05, 0.1) is 5.56 Å². The predicted octanol–water partition coefficient (Wildman–Crippen LogP) is 4.04. The number of aromatic nitrogens is 1. The van der Waals surface area contributed by atoms with Gasteiger partial charge in [0.15, 0.2) is 0 Å². The van der Waals surface area contributed by atoms with E-state index >= 15 is 0 Å². The summed E-state index contributed by atoms with van der Waals surface area (Å²) in [5.41, 5.74) is 7.30. The summed E-state index contributed by atoms with van der Waals surface area (Å²) >= 11 is 0. The third kappa shape index (κ3) is 3.01. The highest BCUT2D eigenvalue weighted by Gasteiger charge is 2.31. The molecule has 106 valence electrons. The van der Waals surface area contributed by atoms with Crippen LogP contribution in [-0.2, 0) is 6.18 Å². The molecular weight excluding hydrogens is 267 g/mol. The molecule has 3 N–H and O–H groups in total. The van der Waals surface area contributed by atoms with Crippen molar-refractivity contribution in [2.75, 3.05) is 11.1 Å². The molecule has 0 spiro atoms. The Kier molecular flexibility index (Phi) is 3.57. The van der Waals surface area contributed by atoms with Crippen molar-refractivity contribution >= 4 is 17.3 Å². The minimum absolute atomic E-state index is 0.0750. The first kappa shape index (κ1) is 14.2. The summed E-state index contributed by atoms with van der Waals surface area (Å²) in [6.45, 7) is 3.81. The van der Waals surface area contributed by atoms with E-state index in [9.17, 15) is 13.2 Å². The summed E-state index contributed by atoms with van der Waals surface area (Å²) in [5, 5.41) is 2.88. The number of aryl methyl sites for hydroxylation is 1. The molecule has 2 rings (SSSR count). The van der Waals surface area contributed by atoms with Crippen molar-refractivity contribution in [2.45, 2.75) is 20.0 Å². The molecule has 6 heteroatoms. The Hall–Kier alpha value is -2.24. The molecule has 0 saturated carbocycles. The van der Waals surface area contributed by atoms with E-state index in [1.165, 1.54) is 0 Å². The van der Waals surface area contributed by atoms with Crippen LogP contribution in [0.1, 0.15) is 16.7 Å². The molecule has 2 aromatic rings. The Morgan fingerprint density at radius 2 is 1.85 bits per heavy atom. The van der Waals surface area contributed by atoms with Gasteiger partial charge in [-0.3, -0.25) is 0 Å². The summed E-state index contributed by atoms with van der Waals surface area (Å²) in [5.74, 6) is -0.0985. The van der Waals surface area contributed by atoms with Gasteiger partial charge in [0.2, 0.25) is 0 Å². The van der Waals surface area contributed by atoms with Gasteiger partial charge in [-0.1, -0.05) is 12.1 Å². The number of pyridine rings is 1. The predicted molar refractivity (Wildman–Crippen MR) is 72.9 cm³/mol. The van der Waals surface area contributed by atoms with Crippen LogP contribution in [0.2, 0.25) is 0 Å². The van der Waals surface area contributed by atoms with Gasteiger partial charge in [-0.25, -0.2) is 4.98 Å². The number of anilines is 3. The van der Waals surface area contributed by atoms with Gasteiger partial charge in [-0.15, -0.1) is 0 Å². The van der Waals surface area contributed by atoms with Gasteiger partial charge in [-0.05, 0) is 43.2 Å². The van der Waals surface area contributed by atoms with E-state index in [-0.39, 0.29) is 11.6 Å². The Bertz CT molecular complexity index is 636. The number of rotatable bonds is 2. The number of nitrogen functional groups attached to an aromatic ring is 1. The van der Waals surface area contributed by atoms with Crippen molar-refractivity contribution in [2.24, 2.45) is 0 Å². The van der Waals surface area contributed by atoms with Gasteiger partial charge in [0, 0.05) is 5.69 Å². The van der Waals surface area contributed by atoms with Crippen molar-refractivity contribution in [3.05, 3.63) is 47.0 Å². The van der Waals surface area contributed by atoms with Crippen LogP contribution in [-0.4, -0.2) is 4.98 Å². The van der Waals surface area contributed by atoms with Crippen LogP contribution in [0.3, 0.4) is 0 Å². The van der Waals surface area contributed by atoms with Crippen LogP contribution in [0.15, 0.2) is 30.3 Å². The number of nitrogens with zero attached hydrogens (tertiary/aromatic N) is 1. The van der Waals surface area contributed by atoms with Crippen molar-refractivity contribution in [3.63, 3.8) is 0 Å². The van der Waals surface area contributed by atoms with E-state index in [0.29, 0.717) is 5.69 Å². The SMILES string of the molecule is Cc1cccc(Nc2cc(C(F)(F)F)cc(N)n2)c1C. The average Bonchev–Trinajstić information content (AvgIpc) is 2.33. The smallest absolute Gasteiger partial charge is 0.384 e. The van der Waals surface area contributed by atoms with Gasteiger partial charge < -0.3 is 11.1 Å². The number of hydrogen-bond donors (Lipinski definition) is 2. The first-order valence-electron chi connectivity index (χ1n) is 5.95. The van der Waals surface area contributed by atoms with Crippen LogP contribution in [0.5, 0.6) is 0 Å². The fourth-order valence-corrected chi connectivity index (χ4v) is 1.80. The summed E-state index contributed by atoms with van der Waals surface area (Å²) in [7, 11) is 0.